The summed E-state index contributed by atoms with van der Waals surface area (Å²) in [5.41, 5.74) is 0. The summed E-state index contributed by atoms with van der Waals surface area (Å²) in [7, 11) is 0. The summed E-state index contributed by atoms with van der Waals surface area (Å²) < 4.78 is 5.90. The first-order valence-electron chi connectivity index (χ1n) is 11.6. The topological polar surface area (TPSA) is 104 Å². The number of carboxylic acid groups (broad SMARTS) is 1. The molecule has 1 aliphatic rings. The maximum atomic E-state index is 12.6. The average molecular weight is 415 g/mol. The van der Waals surface area contributed by atoms with Crippen molar-refractivity contribution < 1.29 is 29.6 Å². The van der Waals surface area contributed by atoms with Crippen molar-refractivity contribution in [1.29, 1.82) is 0 Å². The van der Waals surface area contributed by atoms with Crippen LogP contribution in [0, 0.1) is 11.8 Å². The van der Waals surface area contributed by atoms with Crippen molar-refractivity contribution in [3.63, 3.8) is 0 Å². The number of carbonyl (C=O) groups is 2. The Morgan fingerprint density at radius 2 is 1.59 bits per heavy atom. The first-order chi connectivity index (χ1) is 14.0. The highest BCUT2D eigenvalue weighted by atomic mass is 16.5. The number of hydrogen-bond donors (Lipinski definition) is 3. The van der Waals surface area contributed by atoms with E-state index in [4.69, 9.17) is 14.9 Å². The van der Waals surface area contributed by atoms with Crippen LogP contribution in [0.4, 0.5) is 0 Å². The SMILES string of the molecule is CC(O)CO[C@@H]1CC(=O)[C@H](CCCCCCC(=O)O)[C@H]1CCCCCCCCO. The molecule has 0 amide bonds. The highest BCUT2D eigenvalue weighted by Crippen LogP contribution is 2.38. The maximum absolute atomic E-state index is 12.6. The fraction of sp³-hybridized carbons (Fsp3) is 0.913. The van der Waals surface area contributed by atoms with E-state index in [2.05, 4.69) is 0 Å². The number of unbranched alkanes of at least 4 members (excludes halogenated alkanes) is 8. The van der Waals surface area contributed by atoms with Crippen molar-refractivity contribution in [3.8, 4) is 0 Å². The Morgan fingerprint density at radius 3 is 2.21 bits per heavy atom. The van der Waals surface area contributed by atoms with E-state index in [-0.39, 0.29) is 37.6 Å². The van der Waals surface area contributed by atoms with Crippen LogP contribution in [0.15, 0.2) is 0 Å². The molecule has 0 aromatic rings. The molecule has 6 nitrogen and oxygen atoms in total. The molecule has 1 saturated carbocycles. The normalized spacial score (nSPS) is 22.9. The second-order valence-corrected chi connectivity index (χ2v) is 8.64. The Hall–Kier alpha value is -0.980. The van der Waals surface area contributed by atoms with Crippen molar-refractivity contribution in [1.82, 2.24) is 0 Å². The van der Waals surface area contributed by atoms with E-state index in [9.17, 15) is 14.7 Å². The van der Waals surface area contributed by atoms with Crippen molar-refractivity contribution in [2.75, 3.05) is 13.2 Å². The van der Waals surface area contributed by atoms with Crippen LogP contribution >= 0.6 is 0 Å². The molecule has 0 radical (unpaired) electrons. The van der Waals surface area contributed by atoms with Crippen molar-refractivity contribution in [3.05, 3.63) is 0 Å². The smallest absolute Gasteiger partial charge is 0.303 e. The standard InChI is InChI=1S/C23H42O6/c1-18(25)17-29-22-16-21(26)19(12-8-5-6-10-14-23(27)28)20(22)13-9-4-2-3-7-11-15-24/h18-20,22,24-25H,2-17H2,1H3,(H,27,28)/t18?,19-,20-,22-/m1/s1. The summed E-state index contributed by atoms with van der Waals surface area (Å²) in [6.45, 7) is 2.24. The quantitative estimate of drug-likeness (QED) is 0.292. The minimum absolute atomic E-state index is 0.0443. The zero-order valence-corrected chi connectivity index (χ0v) is 18.2. The molecule has 1 aliphatic carbocycles. The maximum Gasteiger partial charge on any atom is 0.303 e. The highest BCUT2D eigenvalue weighted by Gasteiger charge is 2.42. The van der Waals surface area contributed by atoms with E-state index in [0.717, 1.165) is 70.6 Å². The van der Waals surface area contributed by atoms with Crippen LogP contribution in [-0.2, 0) is 14.3 Å². The zero-order valence-electron chi connectivity index (χ0n) is 18.2. The van der Waals surface area contributed by atoms with Gasteiger partial charge in [-0.2, -0.15) is 0 Å². The molecule has 0 heterocycles. The molecule has 170 valence electrons. The van der Waals surface area contributed by atoms with Crippen molar-refractivity contribution >= 4 is 11.8 Å². The predicted octanol–water partition coefficient (Wildman–Crippen LogP) is 4.11. The van der Waals surface area contributed by atoms with Gasteiger partial charge in [0.15, 0.2) is 0 Å². The van der Waals surface area contributed by atoms with Gasteiger partial charge in [0.25, 0.3) is 0 Å². The minimum atomic E-state index is -0.745. The summed E-state index contributed by atoms with van der Waals surface area (Å²) in [5, 5.41) is 27.1. The molecule has 0 aromatic heterocycles. The van der Waals surface area contributed by atoms with Crippen LogP contribution in [0.25, 0.3) is 0 Å². The number of rotatable bonds is 18. The van der Waals surface area contributed by atoms with Crippen LogP contribution in [0.5, 0.6) is 0 Å². The van der Waals surface area contributed by atoms with Crippen LogP contribution < -0.4 is 0 Å². The van der Waals surface area contributed by atoms with Gasteiger partial charge in [0.2, 0.25) is 0 Å². The Morgan fingerprint density at radius 1 is 1.00 bits per heavy atom. The van der Waals surface area contributed by atoms with E-state index in [0.29, 0.717) is 18.6 Å². The molecular weight excluding hydrogens is 372 g/mol. The van der Waals surface area contributed by atoms with Crippen molar-refractivity contribution in [2.24, 2.45) is 11.8 Å². The third-order valence-electron chi connectivity index (χ3n) is 5.96. The molecule has 0 spiro atoms. The number of ketones is 1. The monoisotopic (exact) mass is 414 g/mol. The third-order valence-corrected chi connectivity index (χ3v) is 5.96. The lowest BCUT2D eigenvalue weighted by Gasteiger charge is -2.25. The molecule has 3 N–H and O–H groups in total. The largest absolute Gasteiger partial charge is 0.481 e. The van der Waals surface area contributed by atoms with Gasteiger partial charge in [-0.3, -0.25) is 9.59 Å². The van der Waals surface area contributed by atoms with Gasteiger partial charge in [-0.1, -0.05) is 51.4 Å². The third kappa shape index (κ3) is 11.7. The molecule has 4 atom stereocenters. The van der Waals surface area contributed by atoms with Gasteiger partial charge >= 0.3 is 5.97 Å². The summed E-state index contributed by atoms with van der Waals surface area (Å²) in [6, 6.07) is 0. The van der Waals surface area contributed by atoms with E-state index in [1.54, 1.807) is 6.92 Å². The molecule has 29 heavy (non-hydrogen) atoms. The molecule has 1 rings (SSSR count). The van der Waals surface area contributed by atoms with Crippen molar-refractivity contribution in [2.45, 2.75) is 109 Å². The van der Waals surface area contributed by atoms with Gasteiger partial charge in [0.1, 0.15) is 5.78 Å². The first-order valence-corrected chi connectivity index (χ1v) is 11.6. The van der Waals surface area contributed by atoms with Gasteiger partial charge in [-0.15, -0.1) is 0 Å². The summed E-state index contributed by atoms with van der Waals surface area (Å²) in [5.74, 6) is -0.176. The Bertz CT molecular complexity index is 451. The van der Waals surface area contributed by atoms with E-state index >= 15 is 0 Å². The second-order valence-electron chi connectivity index (χ2n) is 8.64. The van der Waals surface area contributed by atoms with Crippen LogP contribution in [0.1, 0.15) is 96.8 Å². The number of hydrogen-bond acceptors (Lipinski definition) is 5. The molecule has 0 bridgehead atoms. The summed E-state index contributed by atoms with van der Waals surface area (Å²) in [4.78, 5) is 23.2. The molecule has 0 saturated heterocycles. The lowest BCUT2D eigenvalue weighted by atomic mass is 9.85. The number of carbonyl (C=O) groups excluding carboxylic acids is 1. The highest BCUT2D eigenvalue weighted by molar-refractivity contribution is 5.84. The Labute approximate surface area is 176 Å². The van der Waals surface area contributed by atoms with Gasteiger partial charge < -0.3 is 20.1 Å². The molecule has 0 aliphatic heterocycles. The molecule has 1 fully saturated rings. The van der Waals surface area contributed by atoms with Gasteiger partial charge in [0.05, 0.1) is 18.8 Å². The average Bonchev–Trinajstić information content (AvgIpc) is 2.96. The fourth-order valence-corrected chi connectivity index (χ4v) is 4.40. The minimum Gasteiger partial charge on any atom is -0.481 e. The molecular formula is C23H42O6. The molecule has 1 unspecified atom stereocenters. The number of aliphatic hydroxyl groups excluding tert-OH is 2. The summed E-state index contributed by atoms with van der Waals surface area (Å²) >= 11 is 0. The number of carboxylic acids is 1. The number of Topliss-reactive ketones (excluding diaryl/α,β-unsaturated/α-hetero) is 1. The van der Waals surface area contributed by atoms with E-state index in [1.165, 1.54) is 0 Å². The summed E-state index contributed by atoms with van der Waals surface area (Å²) in [6.07, 6.45) is 11.9. The second kappa shape index (κ2) is 15.8. The van der Waals surface area contributed by atoms with Crippen LogP contribution in [0.3, 0.4) is 0 Å². The number of ether oxygens (including phenoxy) is 1. The van der Waals surface area contributed by atoms with Gasteiger partial charge in [0, 0.05) is 25.4 Å². The zero-order chi connectivity index (χ0) is 21.5. The number of aliphatic carboxylic acids is 1. The first kappa shape index (κ1) is 26.1. The number of aliphatic hydroxyl groups is 2. The molecule has 6 heteroatoms. The predicted molar refractivity (Wildman–Crippen MR) is 113 cm³/mol. The lowest BCUT2D eigenvalue weighted by Crippen LogP contribution is -2.26. The van der Waals surface area contributed by atoms with E-state index in [1.807, 2.05) is 0 Å². The van der Waals surface area contributed by atoms with Gasteiger partial charge in [-0.25, -0.2) is 0 Å². The van der Waals surface area contributed by atoms with E-state index < -0.39 is 12.1 Å². The van der Waals surface area contributed by atoms with Crippen LogP contribution in [0.2, 0.25) is 0 Å². The molecule has 0 aromatic carbocycles. The van der Waals surface area contributed by atoms with Gasteiger partial charge in [-0.05, 0) is 38.5 Å². The fourth-order valence-electron chi connectivity index (χ4n) is 4.40. The Balaban J connectivity index is 2.42. The lowest BCUT2D eigenvalue weighted by molar-refractivity contribution is -0.137. The Kier molecular flexibility index (Phi) is 14.2. The van der Waals surface area contributed by atoms with Crippen LogP contribution in [-0.4, -0.2) is 52.5 Å².